The van der Waals surface area contributed by atoms with Gasteiger partial charge in [0.2, 0.25) is 0 Å². The van der Waals surface area contributed by atoms with E-state index in [1.807, 2.05) is 0 Å². The van der Waals surface area contributed by atoms with Crippen molar-refractivity contribution in [3.63, 3.8) is 0 Å². The maximum Gasteiger partial charge on any atom is 0.417 e. The largest absolute Gasteiger partial charge is 0.417 e. The molecule has 0 atom stereocenters. The lowest BCUT2D eigenvalue weighted by Gasteiger charge is -2.08. The van der Waals surface area contributed by atoms with Crippen LogP contribution in [0.2, 0.25) is 0 Å². The van der Waals surface area contributed by atoms with Crippen molar-refractivity contribution in [3.8, 4) is 0 Å². The third kappa shape index (κ3) is 2.38. The monoisotopic (exact) mass is 346 g/mol. The molecule has 0 aliphatic carbocycles. The molecule has 21 heavy (non-hydrogen) atoms. The standard InChI is InChI=1S/C15H11BrN2O3/c1-7-10(5-9(16)6-11(7)17)14(19)8-2-3-12-13(4-8)21-15(20)18-12/h2-6H,17H2,1H3,(H,18,20). The first kappa shape index (κ1) is 13.6. The maximum absolute atomic E-state index is 12.6. The van der Waals surface area contributed by atoms with Crippen molar-refractivity contribution in [2.45, 2.75) is 6.92 Å². The van der Waals surface area contributed by atoms with Gasteiger partial charge in [-0.1, -0.05) is 15.9 Å². The van der Waals surface area contributed by atoms with Gasteiger partial charge in [-0.2, -0.15) is 0 Å². The van der Waals surface area contributed by atoms with Crippen molar-refractivity contribution < 1.29 is 9.21 Å². The highest BCUT2D eigenvalue weighted by molar-refractivity contribution is 9.10. The second-order valence-corrected chi connectivity index (χ2v) is 5.64. The zero-order valence-electron chi connectivity index (χ0n) is 11.1. The zero-order chi connectivity index (χ0) is 15.1. The lowest BCUT2D eigenvalue weighted by Crippen LogP contribution is -2.06. The van der Waals surface area contributed by atoms with Gasteiger partial charge >= 0.3 is 5.76 Å². The third-order valence-corrected chi connectivity index (χ3v) is 3.80. The number of aromatic amines is 1. The number of oxazole rings is 1. The first-order chi connectivity index (χ1) is 9.95. The summed E-state index contributed by atoms with van der Waals surface area (Å²) in [6.07, 6.45) is 0. The smallest absolute Gasteiger partial charge is 0.408 e. The molecule has 0 saturated heterocycles. The van der Waals surface area contributed by atoms with Gasteiger partial charge in [-0.15, -0.1) is 0 Å². The fourth-order valence-corrected chi connectivity index (χ4v) is 2.65. The summed E-state index contributed by atoms with van der Waals surface area (Å²) in [7, 11) is 0. The number of H-pyrrole nitrogens is 1. The molecule has 0 bridgehead atoms. The van der Waals surface area contributed by atoms with Crippen LogP contribution in [0.1, 0.15) is 21.5 Å². The Hall–Kier alpha value is -2.34. The van der Waals surface area contributed by atoms with Crippen molar-refractivity contribution in [2.75, 3.05) is 5.73 Å². The van der Waals surface area contributed by atoms with Gasteiger partial charge in [-0.3, -0.25) is 9.78 Å². The number of ketones is 1. The third-order valence-electron chi connectivity index (χ3n) is 3.34. The van der Waals surface area contributed by atoms with E-state index < -0.39 is 5.76 Å². The summed E-state index contributed by atoms with van der Waals surface area (Å²) in [5, 5.41) is 0. The Labute approximate surface area is 127 Å². The number of rotatable bonds is 2. The molecule has 0 unspecified atom stereocenters. The second-order valence-electron chi connectivity index (χ2n) is 4.72. The van der Waals surface area contributed by atoms with Crippen LogP contribution in [0.4, 0.5) is 5.69 Å². The van der Waals surface area contributed by atoms with Crippen molar-refractivity contribution >= 4 is 38.5 Å². The van der Waals surface area contributed by atoms with Crippen molar-refractivity contribution in [1.29, 1.82) is 0 Å². The van der Waals surface area contributed by atoms with Gasteiger partial charge in [0.05, 0.1) is 5.52 Å². The molecule has 0 aliphatic rings. The van der Waals surface area contributed by atoms with E-state index in [0.29, 0.717) is 27.9 Å². The number of carbonyl (C=O) groups excluding carboxylic acids is 1. The number of halogens is 1. The van der Waals surface area contributed by atoms with E-state index in [-0.39, 0.29) is 5.78 Å². The van der Waals surface area contributed by atoms with Crippen LogP contribution in [0.15, 0.2) is 44.0 Å². The van der Waals surface area contributed by atoms with Crippen LogP contribution in [-0.2, 0) is 0 Å². The molecule has 0 amide bonds. The van der Waals surface area contributed by atoms with E-state index in [9.17, 15) is 9.59 Å². The topological polar surface area (TPSA) is 89.1 Å². The lowest BCUT2D eigenvalue weighted by molar-refractivity contribution is 0.103. The van der Waals surface area contributed by atoms with Gasteiger partial charge in [0.1, 0.15) is 0 Å². The normalized spacial score (nSPS) is 11.0. The average Bonchev–Trinajstić information content (AvgIpc) is 2.81. The fraction of sp³-hybridized carbons (Fsp3) is 0.0667. The molecule has 5 nitrogen and oxygen atoms in total. The van der Waals surface area contributed by atoms with Crippen molar-refractivity contribution in [2.24, 2.45) is 0 Å². The molecule has 3 rings (SSSR count). The minimum Gasteiger partial charge on any atom is -0.408 e. The molecule has 3 aromatic rings. The number of aromatic nitrogens is 1. The molecule has 6 heteroatoms. The van der Waals surface area contributed by atoms with E-state index in [1.165, 1.54) is 0 Å². The summed E-state index contributed by atoms with van der Waals surface area (Å²) in [6.45, 7) is 1.80. The summed E-state index contributed by atoms with van der Waals surface area (Å²) >= 11 is 3.33. The predicted molar refractivity (Wildman–Crippen MR) is 83.6 cm³/mol. The van der Waals surface area contributed by atoms with Crippen LogP contribution in [0, 0.1) is 6.92 Å². The number of hydrogen-bond acceptors (Lipinski definition) is 4. The van der Waals surface area contributed by atoms with Crippen LogP contribution < -0.4 is 11.5 Å². The Kier molecular flexibility index (Phi) is 3.17. The summed E-state index contributed by atoms with van der Waals surface area (Å²) in [6, 6.07) is 8.31. The molecule has 0 spiro atoms. The minimum absolute atomic E-state index is 0.175. The highest BCUT2D eigenvalue weighted by Crippen LogP contribution is 2.25. The number of fused-ring (bicyclic) bond motifs is 1. The Morgan fingerprint density at radius 2 is 2.05 bits per heavy atom. The van der Waals surface area contributed by atoms with E-state index in [1.54, 1.807) is 37.3 Å². The lowest BCUT2D eigenvalue weighted by atomic mass is 9.98. The molecule has 0 aliphatic heterocycles. The number of anilines is 1. The first-order valence-corrected chi connectivity index (χ1v) is 6.98. The Morgan fingerprint density at radius 3 is 2.81 bits per heavy atom. The number of nitrogens with two attached hydrogens (primary N) is 1. The second kappa shape index (κ2) is 4.89. The van der Waals surface area contributed by atoms with E-state index in [4.69, 9.17) is 10.2 Å². The maximum atomic E-state index is 12.6. The van der Waals surface area contributed by atoms with Crippen LogP contribution in [-0.4, -0.2) is 10.8 Å². The summed E-state index contributed by atoms with van der Waals surface area (Å²) in [5.41, 5.74) is 9.01. The molecule has 106 valence electrons. The highest BCUT2D eigenvalue weighted by atomic mass is 79.9. The highest BCUT2D eigenvalue weighted by Gasteiger charge is 2.15. The Bertz CT molecular complexity index is 924. The van der Waals surface area contributed by atoms with Gasteiger partial charge in [0.15, 0.2) is 11.4 Å². The molecule has 3 N–H and O–H groups in total. The van der Waals surface area contributed by atoms with E-state index in [0.717, 1.165) is 10.0 Å². The van der Waals surface area contributed by atoms with Crippen LogP contribution in [0.3, 0.4) is 0 Å². The molecule has 0 fully saturated rings. The molecular formula is C15H11BrN2O3. The van der Waals surface area contributed by atoms with Crippen LogP contribution in [0.5, 0.6) is 0 Å². The molecule has 0 radical (unpaired) electrons. The van der Waals surface area contributed by atoms with Crippen LogP contribution >= 0.6 is 15.9 Å². The van der Waals surface area contributed by atoms with Gasteiger partial charge < -0.3 is 10.2 Å². The number of nitrogens with one attached hydrogen (secondary N) is 1. The van der Waals surface area contributed by atoms with Gasteiger partial charge in [-0.05, 0) is 42.8 Å². The van der Waals surface area contributed by atoms with Gasteiger partial charge in [0.25, 0.3) is 0 Å². The minimum atomic E-state index is -0.544. The first-order valence-electron chi connectivity index (χ1n) is 6.19. The van der Waals surface area contributed by atoms with Gasteiger partial charge in [-0.25, -0.2) is 4.79 Å². The molecular weight excluding hydrogens is 336 g/mol. The number of carbonyl (C=O) groups is 1. The molecule has 2 aromatic carbocycles. The average molecular weight is 347 g/mol. The fourth-order valence-electron chi connectivity index (χ4n) is 2.18. The Balaban J connectivity index is 2.14. The summed E-state index contributed by atoms with van der Waals surface area (Å²) in [4.78, 5) is 26.3. The van der Waals surface area contributed by atoms with Crippen molar-refractivity contribution in [3.05, 3.63) is 62.0 Å². The molecule has 0 saturated carbocycles. The van der Waals surface area contributed by atoms with Crippen molar-refractivity contribution in [1.82, 2.24) is 4.98 Å². The number of nitrogen functional groups attached to an aromatic ring is 1. The quantitative estimate of drug-likeness (QED) is 0.551. The van der Waals surface area contributed by atoms with E-state index >= 15 is 0 Å². The number of benzene rings is 2. The Morgan fingerprint density at radius 1 is 1.29 bits per heavy atom. The van der Waals surface area contributed by atoms with E-state index in [2.05, 4.69) is 20.9 Å². The SMILES string of the molecule is Cc1c(N)cc(Br)cc1C(=O)c1ccc2[nH]c(=O)oc2c1. The van der Waals surface area contributed by atoms with Crippen LogP contribution in [0.25, 0.3) is 11.1 Å². The van der Waals surface area contributed by atoms with Gasteiger partial charge in [0, 0.05) is 21.3 Å². The summed E-state index contributed by atoms with van der Waals surface area (Å²) < 4.78 is 5.71. The molecule has 1 heterocycles. The summed E-state index contributed by atoms with van der Waals surface area (Å²) in [5.74, 6) is -0.719. The molecule has 1 aromatic heterocycles. The zero-order valence-corrected chi connectivity index (χ0v) is 12.7. The number of hydrogen-bond donors (Lipinski definition) is 2. The predicted octanol–water partition coefficient (Wildman–Crippen LogP) is 3.01.